The quantitative estimate of drug-likeness (QED) is 0.543. The summed E-state index contributed by atoms with van der Waals surface area (Å²) >= 11 is 0. The number of nitrogens with zero attached hydrogens (tertiary/aromatic N) is 2. The first-order chi connectivity index (χ1) is 12.5. The van der Waals surface area contributed by atoms with Crippen LogP contribution in [0, 0.1) is 10.1 Å². The number of rotatable bonds is 4. The molecule has 0 saturated heterocycles. The van der Waals surface area contributed by atoms with E-state index in [-0.39, 0.29) is 22.4 Å². The molecule has 2 aromatic carbocycles. The Morgan fingerprint density at radius 3 is 2.62 bits per heavy atom. The highest BCUT2D eigenvalue weighted by Crippen LogP contribution is 2.14. The largest absolute Gasteiger partial charge is 0.436 e. The Labute approximate surface area is 145 Å². The van der Waals surface area contributed by atoms with Gasteiger partial charge in [0.15, 0.2) is 0 Å². The standard InChI is InChI=1S/C17H12N4O5/c18-15(22)13-9-10-4-1-2-7-14(10)26-17(13)20-19-16(23)11-5-3-6-12(8-11)21(24)25/h1-9H,(H2,18,22)(H,19,23)/b20-17+. The van der Waals surface area contributed by atoms with Gasteiger partial charge in [-0.15, -0.1) is 5.10 Å². The molecule has 0 atom stereocenters. The molecule has 3 aromatic rings. The zero-order chi connectivity index (χ0) is 18.7. The molecule has 26 heavy (non-hydrogen) atoms. The highest BCUT2D eigenvalue weighted by Gasteiger charge is 2.12. The molecule has 3 rings (SSSR count). The molecule has 130 valence electrons. The van der Waals surface area contributed by atoms with Gasteiger partial charge < -0.3 is 10.2 Å². The van der Waals surface area contributed by atoms with Crippen molar-refractivity contribution in [1.29, 1.82) is 0 Å². The van der Waals surface area contributed by atoms with Crippen LogP contribution in [0.3, 0.4) is 0 Å². The smallest absolute Gasteiger partial charge is 0.271 e. The van der Waals surface area contributed by atoms with Crippen LogP contribution in [0.5, 0.6) is 0 Å². The van der Waals surface area contributed by atoms with Gasteiger partial charge in [0.2, 0.25) is 5.55 Å². The van der Waals surface area contributed by atoms with Crippen LogP contribution >= 0.6 is 0 Å². The number of amides is 2. The van der Waals surface area contributed by atoms with Crippen molar-refractivity contribution in [1.82, 2.24) is 5.43 Å². The fraction of sp³-hybridized carbons (Fsp3) is 0. The summed E-state index contributed by atoms with van der Waals surface area (Å²) in [5.41, 5.74) is 7.60. The molecule has 0 aliphatic heterocycles. The summed E-state index contributed by atoms with van der Waals surface area (Å²) in [6.45, 7) is 0. The molecule has 1 heterocycles. The first-order valence-corrected chi connectivity index (χ1v) is 7.37. The van der Waals surface area contributed by atoms with Crippen LogP contribution in [0.2, 0.25) is 0 Å². The minimum atomic E-state index is -0.775. The second-order valence-corrected chi connectivity index (χ2v) is 5.23. The normalized spacial score (nSPS) is 11.3. The van der Waals surface area contributed by atoms with Crippen LogP contribution in [0.1, 0.15) is 20.7 Å². The predicted octanol–water partition coefficient (Wildman–Crippen LogP) is 1.69. The minimum absolute atomic E-state index is 0.0111. The maximum atomic E-state index is 12.2. The molecule has 0 radical (unpaired) electrons. The van der Waals surface area contributed by atoms with E-state index in [4.69, 9.17) is 10.2 Å². The van der Waals surface area contributed by atoms with E-state index in [1.807, 2.05) is 0 Å². The van der Waals surface area contributed by atoms with Crippen molar-refractivity contribution < 1.29 is 18.9 Å². The average Bonchev–Trinajstić information content (AvgIpc) is 2.65. The van der Waals surface area contributed by atoms with E-state index in [0.717, 1.165) is 6.07 Å². The Morgan fingerprint density at radius 1 is 1.12 bits per heavy atom. The van der Waals surface area contributed by atoms with Crippen molar-refractivity contribution >= 4 is 28.5 Å². The van der Waals surface area contributed by atoms with Gasteiger partial charge >= 0.3 is 0 Å². The lowest BCUT2D eigenvalue weighted by atomic mass is 10.2. The molecule has 2 amide bonds. The summed E-state index contributed by atoms with van der Waals surface area (Å²) in [6.07, 6.45) is 0. The third-order valence-electron chi connectivity index (χ3n) is 3.50. The molecule has 9 heteroatoms. The third-order valence-corrected chi connectivity index (χ3v) is 3.50. The SMILES string of the molecule is NC(=O)c1cc2ccccc2o/c1=N/NC(=O)c1cccc([N+](=O)[O-])c1. The van der Waals surface area contributed by atoms with Gasteiger partial charge in [0.25, 0.3) is 17.5 Å². The number of nitro groups is 1. The number of hydrogen-bond donors (Lipinski definition) is 2. The first kappa shape index (κ1) is 16.8. The second kappa shape index (κ2) is 6.85. The van der Waals surface area contributed by atoms with E-state index >= 15 is 0 Å². The molecule has 3 N–H and O–H groups in total. The molecule has 0 saturated carbocycles. The van der Waals surface area contributed by atoms with Crippen molar-refractivity contribution in [2.24, 2.45) is 10.8 Å². The molecule has 0 aliphatic rings. The van der Waals surface area contributed by atoms with E-state index in [2.05, 4.69) is 10.5 Å². The third kappa shape index (κ3) is 3.41. The number of nitrogens with two attached hydrogens (primary N) is 1. The van der Waals surface area contributed by atoms with Gasteiger partial charge in [0, 0.05) is 23.1 Å². The predicted molar refractivity (Wildman–Crippen MR) is 90.9 cm³/mol. The number of benzene rings is 2. The topological polar surface area (TPSA) is 141 Å². The number of para-hydroxylation sites is 1. The summed E-state index contributed by atoms with van der Waals surface area (Å²) in [4.78, 5) is 33.9. The fourth-order valence-electron chi connectivity index (χ4n) is 2.26. The number of nitrogens with one attached hydrogen (secondary N) is 1. The van der Waals surface area contributed by atoms with E-state index in [1.165, 1.54) is 24.3 Å². The van der Waals surface area contributed by atoms with Crippen molar-refractivity contribution in [3.05, 3.63) is 81.4 Å². The fourth-order valence-corrected chi connectivity index (χ4v) is 2.26. The molecule has 9 nitrogen and oxygen atoms in total. The van der Waals surface area contributed by atoms with E-state index < -0.39 is 16.7 Å². The highest BCUT2D eigenvalue weighted by atomic mass is 16.6. The molecule has 0 unspecified atom stereocenters. The highest BCUT2D eigenvalue weighted by molar-refractivity contribution is 5.96. The van der Waals surface area contributed by atoms with Crippen LogP contribution in [-0.2, 0) is 0 Å². The van der Waals surface area contributed by atoms with Crippen LogP contribution in [-0.4, -0.2) is 16.7 Å². The van der Waals surface area contributed by atoms with E-state index in [1.54, 1.807) is 24.3 Å². The summed E-state index contributed by atoms with van der Waals surface area (Å²) in [6, 6.07) is 13.5. The summed E-state index contributed by atoms with van der Waals surface area (Å²) in [7, 11) is 0. The van der Waals surface area contributed by atoms with Crippen molar-refractivity contribution in [2.45, 2.75) is 0 Å². The maximum Gasteiger partial charge on any atom is 0.271 e. The van der Waals surface area contributed by atoms with Crippen LogP contribution in [0.15, 0.2) is 64.1 Å². The molecule has 0 fully saturated rings. The molecule has 0 aliphatic carbocycles. The summed E-state index contributed by atoms with van der Waals surface area (Å²) < 4.78 is 5.51. The number of primary amides is 1. The summed E-state index contributed by atoms with van der Waals surface area (Å²) in [5.74, 6) is -1.48. The van der Waals surface area contributed by atoms with Crippen molar-refractivity contribution in [2.75, 3.05) is 0 Å². The lowest BCUT2D eigenvalue weighted by Crippen LogP contribution is -2.27. The number of fused-ring (bicyclic) bond motifs is 1. The number of nitro benzene ring substituents is 1. The molecule has 0 bridgehead atoms. The van der Waals surface area contributed by atoms with Gasteiger partial charge in [-0.25, -0.2) is 5.43 Å². The van der Waals surface area contributed by atoms with Gasteiger partial charge in [0.05, 0.1) is 4.92 Å². The van der Waals surface area contributed by atoms with Crippen LogP contribution < -0.4 is 16.7 Å². The van der Waals surface area contributed by atoms with Crippen molar-refractivity contribution in [3.8, 4) is 0 Å². The van der Waals surface area contributed by atoms with E-state index in [9.17, 15) is 19.7 Å². The Balaban J connectivity index is 1.98. The lowest BCUT2D eigenvalue weighted by Gasteiger charge is -2.03. The molecular formula is C17H12N4O5. The number of hydrogen-bond acceptors (Lipinski definition) is 6. The second-order valence-electron chi connectivity index (χ2n) is 5.23. The average molecular weight is 352 g/mol. The Kier molecular flexibility index (Phi) is 4.44. The molecule has 1 aromatic heterocycles. The van der Waals surface area contributed by atoms with Crippen LogP contribution in [0.4, 0.5) is 5.69 Å². The zero-order valence-corrected chi connectivity index (χ0v) is 13.2. The number of carbonyl (C=O) groups excluding carboxylic acids is 2. The van der Waals surface area contributed by atoms with Crippen LogP contribution in [0.25, 0.3) is 11.0 Å². The monoisotopic (exact) mass is 352 g/mol. The molecule has 0 spiro atoms. The van der Waals surface area contributed by atoms with Gasteiger partial charge in [0.1, 0.15) is 11.1 Å². The summed E-state index contributed by atoms with van der Waals surface area (Å²) in [5, 5.41) is 15.2. The lowest BCUT2D eigenvalue weighted by molar-refractivity contribution is -0.384. The first-order valence-electron chi connectivity index (χ1n) is 7.37. The zero-order valence-electron chi connectivity index (χ0n) is 13.2. The molecular weight excluding hydrogens is 340 g/mol. The van der Waals surface area contributed by atoms with Gasteiger partial charge in [-0.1, -0.05) is 24.3 Å². The number of carbonyl (C=O) groups is 2. The maximum absolute atomic E-state index is 12.2. The van der Waals surface area contributed by atoms with Gasteiger partial charge in [-0.05, 0) is 18.2 Å². The number of non-ortho nitro benzene ring substituents is 1. The van der Waals surface area contributed by atoms with Crippen molar-refractivity contribution in [3.63, 3.8) is 0 Å². The Hall–Kier alpha value is -4.01. The minimum Gasteiger partial charge on any atom is -0.436 e. The Bertz CT molecular complexity index is 1100. The van der Waals surface area contributed by atoms with Gasteiger partial charge in [-0.2, -0.15) is 0 Å². The van der Waals surface area contributed by atoms with Gasteiger partial charge in [-0.3, -0.25) is 19.7 Å². The Morgan fingerprint density at radius 2 is 1.88 bits per heavy atom. The van der Waals surface area contributed by atoms with E-state index in [0.29, 0.717) is 11.0 Å².